The highest BCUT2D eigenvalue weighted by Gasteiger charge is 2.21. The minimum absolute atomic E-state index is 0.0123. The van der Waals surface area contributed by atoms with Crippen molar-refractivity contribution in [2.24, 2.45) is 5.41 Å². The molecule has 0 atom stereocenters. The van der Waals surface area contributed by atoms with Crippen molar-refractivity contribution in [2.45, 2.75) is 13.8 Å². The van der Waals surface area contributed by atoms with E-state index in [9.17, 15) is 4.79 Å². The number of carbonyl (C=O) groups is 1. The van der Waals surface area contributed by atoms with Crippen LogP contribution in [-0.2, 0) is 0 Å². The topological polar surface area (TPSA) is 57.3 Å². The van der Waals surface area contributed by atoms with Crippen LogP contribution in [0.3, 0.4) is 0 Å². The maximum Gasteiger partial charge on any atom is 0.255 e. The molecule has 1 rings (SSSR count). The van der Waals surface area contributed by atoms with E-state index in [1.165, 1.54) is 0 Å². The first-order valence-corrected chi connectivity index (χ1v) is 7.31. The van der Waals surface area contributed by atoms with Crippen LogP contribution < -0.4 is 10.6 Å². The molecule has 0 aromatic carbocycles. The maximum atomic E-state index is 12.3. The number of rotatable bonds is 6. The molecule has 0 radical (unpaired) electrons. The van der Waals surface area contributed by atoms with Gasteiger partial charge in [0.25, 0.3) is 5.91 Å². The van der Waals surface area contributed by atoms with E-state index in [0.29, 0.717) is 17.9 Å². The monoisotopic (exact) mass is 342 g/mol. The zero-order valence-electron chi connectivity index (χ0n) is 12.7. The average Bonchev–Trinajstić information content (AvgIpc) is 2.34. The van der Waals surface area contributed by atoms with E-state index >= 15 is 0 Å². The van der Waals surface area contributed by atoms with Gasteiger partial charge >= 0.3 is 0 Å². The molecule has 1 heterocycles. The largest absolute Gasteiger partial charge is 0.372 e. The molecule has 1 aromatic heterocycles. The van der Waals surface area contributed by atoms with Crippen molar-refractivity contribution in [3.63, 3.8) is 0 Å². The number of nitrogens with one attached hydrogen (secondary N) is 2. The Hall–Kier alpha value is -1.14. The SMILES string of the molecule is CNc1ncc(Br)cc1C(=O)NCC(C)(C)CN(C)C. The fourth-order valence-electron chi connectivity index (χ4n) is 2.14. The lowest BCUT2D eigenvalue weighted by atomic mass is 9.93. The molecular formula is C14H23BrN4O. The predicted molar refractivity (Wildman–Crippen MR) is 86.2 cm³/mol. The van der Waals surface area contributed by atoms with E-state index in [0.717, 1.165) is 11.0 Å². The Bertz CT molecular complexity index is 474. The van der Waals surface area contributed by atoms with Crippen LogP contribution >= 0.6 is 15.9 Å². The van der Waals surface area contributed by atoms with Crippen LogP contribution in [0.4, 0.5) is 5.82 Å². The zero-order valence-corrected chi connectivity index (χ0v) is 14.3. The van der Waals surface area contributed by atoms with Gasteiger partial charge in [0.1, 0.15) is 5.82 Å². The van der Waals surface area contributed by atoms with Crippen LogP contribution in [-0.4, -0.2) is 50.0 Å². The highest BCUT2D eigenvalue weighted by atomic mass is 79.9. The number of halogens is 1. The first-order chi connectivity index (χ1) is 9.25. The molecule has 5 nitrogen and oxygen atoms in total. The van der Waals surface area contributed by atoms with Gasteiger partial charge in [-0.1, -0.05) is 13.8 Å². The van der Waals surface area contributed by atoms with Gasteiger partial charge in [0.15, 0.2) is 0 Å². The Morgan fingerprint density at radius 3 is 2.65 bits per heavy atom. The van der Waals surface area contributed by atoms with Gasteiger partial charge in [-0.3, -0.25) is 4.79 Å². The van der Waals surface area contributed by atoms with Crippen molar-refractivity contribution in [2.75, 3.05) is 39.5 Å². The molecule has 6 heteroatoms. The van der Waals surface area contributed by atoms with E-state index in [1.807, 2.05) is 14.1 Å². The van der Waals surface area contributed by atoms with Gasteiger partial charge < -0.3 is 15.5 Å². The van der Waals surface area contributed by atoms with Crippen molar-refractivity contribution >= 4 is 27.7 Å². The molecule has 0 unspecified atom stereocenters. The van der Waals surface area contributed by atoms with Crippen molar-refractivity contribution in [1.29, 1.82) is 0 Å². The van der Waals surface area contributed by atoms with Crippen molar-refractivity contribution in [3.05, 3.63) is 22.3 Å². The van der Waals surface area contributed by atoms with Gasteiger partial charge in [0.05, 0.1) is 5.56 Å². The Morgan fingerprint density at radius 2 is 2.10 bits per heavy atom. The molecule has 0 aliphatic heterocycles. The average molecular weight is 343 g/mol. The molecular weight excluding hydrogens is 320 g/mol. The van der Waals surface area contributed by atoms with Crippen LogP contribution in [0.2, 0.25) is 0 Å². The molecule has 0 bridgehead atoms. The third-order valence-corrected chi connectivity index (χ3v) is 3.24. The number of pyridine rings is 1. The Balaban J connectivity index is 2.74. The van der Waals surface area contributed by atoms with E-state index in [1.54, 1.807) is 19.3 Å². The standard InChI is InChI=1S/C14H23BrN4O/c1-14(2,9-19(4)5)8-18-13(20)11-6-10(15)7-17-12(11)16-3/h6-7H,8-9H2,1-5H3,(H,16,17)(H,18,20). The molecule has 0 aliphatic carbocycles. The summed E-state index contributed by atoms with van der Waals surface area (Å²) < 4.78 is 0.786. The molecule has 0 aliphatic rings. The Morgan fingerprint density at radius 1 is 1.45 bits per heavy atom. The number of hydrogen-bond acceptors (Lipinski definition) is 4. The van der Waals surface area contributed by atoms with Gasteiger partial charge in [-0.15, -0.1) is 0 Å². The highest BCUT2D eigenvalue weighted by molar-refractivity contribution is 9.10. The summed E-state index contributed by atoms with van der Waals surface area (Å²) in [6.45, 7) is 5.78. The zero-order chi connectivity index (χ0) is 15.3. The Kier molecular flexibility index (Phi) is 5.95. The summed E-state index contributed by atoms with van der Waals surface area (Å²) in [5.74, 6) is 0.464. The predicted octanol–water partition coefficient (Wildman–Crippen LogP) is 2.20. The van der Waals surface area contributed by atoms with Gasteiger partial charge in [-0.2, -0.15) is 0 Å². The lowest BCUT2D eigenvalue weighted by Crippen LogP contribution is -2.40. The number of carbonyl (C=O) groups excluding carboxylic acids is 1. The minimum Gasteiger partial charge on any atom is -0.372 e. The molecule has 0 spiro atoms. The Labute approximate surface area is 129 Å². The molecule has 0 fully saturated rings. The van der Waals surface area contributed by atoms with Gasteiger partial charge in [0.2, 0.25) is 0 Å². The number of nitrogens with zero attached hydrogens (tertiary/aromatic N) is 2. The third-order valence-electron chi connectivity index (χ3n) is 2.81. The van der Waals surface area contributed by atoms with Crippen LogP contribution in [0.1, 0.15) is 24.2 Å². The quantitative estimate of drug-likeness (QED) is 0.832. The summed E-state index contributed by atoms with van der Waals surface area (Å²) in [5.41, 5.74) is 0.556. The number of amides is 1. The first kappa shape index (κ1) is 16.9. The summed E-state index contributed by atoms with van der Waals surface area (Å²) >= 11 is 3.34. The summed E-state index contributed by atoms with van der Waals surface area (Å²) in [7, 11) is 5.81. The van der Waals surface area contributed by atoms with Crippen molar-refractivity contribution in [1.82, 2.24) is 15.2 Å². The van der Waals surface area contributed by atoms with E-state index in [-0.39, 0.29) is 11.3 Å². The maximum absolute atomic E-state index is 12.3. The van der Waals surface area contributed by atoms with Gasteiger partial charge in [-0.25, -0.2) is 4.98 Å². The normalized spacial score (nSPS) is 11.6. The van der Waals surface area contributed by atoms with Gasteiger partial charge in [0, 0.05) is 30.8 Å². The summed E-state index contributed by atoms with van der Waals surface area (Å²) in [5, 5.41) is 5.91. The fourth-order valence-corrected chi connectivity index (χ4v) is 2.47. The smallest absolute Gasteiger partial charge is 0.255 e. The molecule has 20 heavy (non-hydrogen) atoms. The van der Waals surface area contributed by atoms with Crippen LogP contribution in [0.15, 0.2) is 16.7 Å². The van der Waals surface area contributed by atoms with Crippen LogP contribution in [0.5, 0.6) is 0 Å². The first-order valence-electron chi connectivity index (χ1n) is 6.51. The fraction of sp³-hybridized carbons (Fsp3) is 0.571. The second kappa shape index (κ2) is 7.04. The lowest BCUT2D eigenvalue weighted by molar-refractivity contribution is 0.0929. The number of hydrogen-bond donors (Lipinski definition) is 2. The van der Waals surface area contributed by atoms with E-state index in [4.69, 9.17) is 0 Å². The molecule has 1 aromatic rings. The molecule has 1 amide bonds. The summed E-state index contributed by atoms with van der Waals surface area (Å²) in [4.78, 5) is 18.6. The van der Waals surface area contributed by atoms with E-state index in [2.05, 4.69) is 50.3 Å². The van der Waals surface area contributed by atoms with Crippen LogP contribution in [0, 0.1) is 5.41 Å². The second-order valence-electron chi connectivity index (χ2n) is 5.88. The molecule has 0 saturated carbocycles. The number of anilines is 1. The number of aromatic nitrogens is 1. The third kappa shape index (κ3) is 5.09. The minimum atomic E-state index is -0.116. The van der Waals surface area contributed by atoms with E-state index < -0.39 is 0 Å². The van der Waals surface area contributed by atoms with Gasteiger partial charge in [-0.05, 0) is 41.5 Å². The highest BCUT2D eigenvalue weighted by Crippen LogP contribution is 2.19. The summed E-state index contributed by atoms with van der Waals surface area (Å²) in [6, 6.07) is 1.77. The summed E-state index contributed by atoms with van der Waals surface area (Å²) in [6.07, 6.45) is 1.67. The lowest BCUT2D eigenvalue weighted by Gasteiger charge is -2.28. The molecule has 0 saturated heterocycles. The molecule has 2 N–H and O–H groups in total. The van der Waals surface area contributed by atoms with Crippen molar-refractivity contribution < 1.29 is 4.79 Å². The second-order valence-corrected chi connectivity index (χ2v) is 6.80. The van der Waals surface area contributed by atoms with Crippen molar-refractivity contribution in [3.8, 4) is 0 Å². The molecule has 112 valence electrons. The van der Waals surface area contributed by atoms with Crippen LogP contribution in [0.25, 0.3) is 0 Å².